The van der Waals surface area contributed by atoms with Crippen LogP contribution < -0.4 is 4.74 Å². The molecule has 1 aromatic rings. The number of hydrogen-bond acceptors (Lipinski definition) is 6. The lowest BCUT2D eigenvalue weighted by molar-refractivity contribution is -0.0882. The van der Waals surface area contributed by atoms with Crippen molar-refractivity contribution in [2.45, 2.75) is 32.1 Å². The third kappa shape index (κ3) is 6.21. The summed E-state index contributed by atoms with van der Waals surface area (Å²) >= 11 is 0. The maximum Gasteiger partial charge on any atom is 0.119 e. The minimum atomic E-state index is -0.489. The molecule has 1 aromatic carbocycles. The Hall–Kier alpha value is -1.18. The van der Waals surface area contributed by atoms with Crippen LogP contribution in [0.3, 0.4) is 0 Å². The van der Waals surface area contributed by atoms with Gasteiger partial charge in [0.1, 0.15) is 18.5 Å². The highest BCUT2D eigenvalue weighted by Gasteiger charge is 2.27. The van der Waals surface area contributed by atoms with Gasteiger partial charge in [-0.3, -0.25) is 9.80 Å². The summed E-state index contributed by atoms with van der Waals surface area (Å²) in [6.07, 6.45) is -0.489. The molecule has 0 amide bonds. The Morgan fingerprint density at radius 2 is 1.92 bits per heavy atom. The average molecular weight is 364 g/mol. The summed E-state index contributed by atoms with van der Waals surface area (Å²) in [5.74, 6) is 0.816. The molecule has 2 fully saturated rings. The highest BCUT2D eigenvalue weighted by molar-refractivity contribution is 5.28. The normalized spacial score (nSPS) is 22.9. The molecule has 0 spiro atoms. The number of nitrogens with zero attached hydrogens (tertiary/aromatic N) is 2. The van der Waals surface area contributed by atoms with Crippen LogP contribution in [0, 0.1) is 0 Å². The van der Waals surface area contributed by atoms with Crippen molar-refractivity contribution in [3.05, 3.63) is 29.8 Å². The maximum atomic E-state index is 10.2. The summed E-state index contributed by atoms with van der Waals surface area (Å²) in [4.78, 5) is 4.63. The van der Waals surface area contributed by atoms with E-state index in [-0.39, 0.29) is 5.60 Å². The molecule has 0 bridgehead atoms. The number of morpholine rings is 2. The van der Waals surface area contributed by atoms with Crippen molar-refractivity contribution in [1.29, 1.82) is 0 Å². The number of rotatable bonds is 7. The number of aliphatic hydroxyl groups excluding tert-OH is 1. The maximum absolute atomic E-state index is 10.2. The van der Waals surface area contributed by atoms with Gasteiger partial charge in [0.15, 0.2) is 0 Å². The lowest BCUT2D eigenvalue weighted by Crippen LogP contribution is -2.47. The zero-order valence-electron chi connectivity index (χ0n) is 16.0. The zero-order chi connectivity index (χ0) is 18.4. The van der Waals surface area contributed by atoms with Crippen molar-refractivity contribution in [1.82, 2.24) is 9.80 Å². The van der Waals surface area contributed by atoms with E-state index >= 15 is 0 Å². The van der Waals surface area contributed by atoms with Gasteiger partial charge >= 0.3 is 0 Å². The third-order valence-electron chi connectivity index (χ3n) is 4.82. The van der Waals surface area contributed by atoms with Gasteiger partial charge < -0.3 is 19.3 Å². The van der Waals surface area contributed by atoms with Crippen molar-refractivity contribution >= 4 is 0 Å². The molecule has 6 nitrogen and oxygen atoms in total. The van der Waals surface area contributed by atoms with E-state index in [0.717, 1.165) is 58.3 Å². The average Bonchev–Trinajstić information content (AvgIpc) is 2.60. The number of ether oxygens (including phenoxy) is 3. The van der Waals surface area contributed by atoms with Gasteiger partial charge in [-0.05, 0) is 31.5 Å². The van der Waals surface area contributed by atoms with Gasteiger partial charge in [0.2, 0.25) is 0 Å². The predicted molar refractivity (Wildman–Crippen MR) is 101 cm³/mol. The topological polar surface area (TPSA) is 54.4 Å². The summed E-state index contributed by atoms with van der Waals surface area (Å²) < 4.78 is 16.9. The van der Waals surface area contributed by atoms with Gasteiger partial charge in [-0.15, -0.1) is 0 Å². The lowest BCUT2D eigenvalue weighted by Gasteiger charge is -2.38. The van der Waals surface area contributed by atoms with Gasteiger partial charge in [0.05, 0.1) is 25.4 Å². The Bertz CT molecular complexity index is 560. The standard InChI is InChI=1S/C20H32N2O4/c1-20(2)16-22(8-11-26-20)13-17-4-3-5-19(12-17)25-15-18(23)14-21-6-9-24-10-7-21/h3-5,12,18,23H,6-11,13-16H2,1-2H3. The molecule has 0 aliphatic carbocycles. The van der Waals surface area contributed by atoms with Crippen LogP contribution in [0.1, 0.15) is 19.4 Å². The van der Waals surface area contributed by atoms with E-state index in [4.69, 9.17) is 14.2 Å². The predicted octanol–water partition coefficient (Wildman–Crippen LogP) is 1.37. The molecule has 1 unspecified atom stereocenters. The van der Waals surface area contributed by atoms with Crippen LogP contribution in [0.15, 0.2) is 24.3 Å². The van der Waals surface area contributed by atoms with Gasteiger partial charge in [-0.2, -0.15) is 0 Å². The van der Waals surface area contributed by atoms with Crippen LogP contribution in [0.2, 0.25) is 0 Å². The monoisotopic (exact) mass is 364 g/mol. The Labute approximate surface area is 156 Å². The van der Waals surface area contributed by atoms with Crippen LogP contribution in [-0.2, 0) is 16.0 Å². The second kappa shape index (κ2) is 9.15. The van der Waals surface area contributed by atoms with Gasteiger partial charge in [-0.25, -0.2) is 0 Å². The second-order valence-corrected chi connectivity index (χ2v) is 7.84. The fraction of sp³-hybridized carbons (Fsp3) is 0.700. The highest BCUT2D eigenvalue weighted by Crippen LogP contribution is 2.20. The van der Waals surface area contributed by atoms with Crippen molar-refractivity contribution < 1.29 is 19.3 Å². The summed E-state index contributed by atoms with van der Waals surface area (Å²) in [5, 5.41) is 10.2. The molecule has 2 aliphatic rings. The highest BCUT2D eigenvalue weighted by atomic mass is 16.5. The van der Waals surface area contributed by atoms with E-state index < -0.39 is 6.10 Å². The van der Waals surface area contributed by atoms with Crippen molar-refractivity contribution in [2.24, 2.45) is 0 Å². The van der Waals surface area contributed by atoms with E-state index in [9.17, 15) is 5.11 Å². The molecule has 146 valence electrons. The Morgan fingerprint density at radius 1 is 1.15 bits per heavy atom. The molecule has 2 saturated heterocycles. The molecule has 0 saturated carbocycles. The first-order valence-corrected chi connectivity index (χ1v) is 9.56. The molecular formula is C20H32N2O4. The molecule has 26 heavy (non-hydrogen) atoms. The van der Waals surface area contributed by atoms with Gasteiger partial charge in [0, 0.05) is 39.3 Å². The Balaban J connectivity index is 1.46. The van der Waals surface area contributed by atoms with E-state index in [2.05, 4.69) is 35.8 Å². The smallest absolute Gasteiger partial charge is 0.119 e. The van der Waals surface area contributed by atoms with Crippen LogP contribution >= 0.6 is 0 Å². The quantitative estimate of drug-likeness (QED) is 0.789. The molecule has 3 rings (SSSR count). The van der Waals surface area contributed by atoms with Gasteiger partial charge in [-0.1, -0.05) is 12.1 Å². The van der Waals surface area contributed by atoms with Crippen molar-refractivity contribution in [3.8, 4) is 5.75 Å². The number of hydrogen-bond donors (Lipinski definition) is 1. The molecule has 1 N–H and O–H groups in total. The zero-order valence-corrected chi connectivity index (χ0v) is 16.0. The van der Waals surface area contributed by atoms with E-state index in [0.29, 0.717) is 13.2 Å². The fourth-order valence-corrected chi connectivity index (χ4v) is 3.57. The molecule has 1 atom stereocenters. The van der Waals surface area contributed by atoms with E-state index in [1.807, 2.05) is 12.1 Å². The Morgan fingerprint density at radius 3 is 2.69 bits per heavy atom. The Kier molecular flexibility index (Phi) is 6.89. The SMILES string of the molecule is CC1(C)CN(Cc2cccc(OCC(O)CN3CCOCC3)c2)CCO1. The van der Waals surface area contributed by atoms with Crippen molar-refractivity contribution in [3.63, 3.8) is 0 Å². The largest absolute Gasteiger partial charge is 0.491 e. The number of benzene rings is 1. The van der Waals surface area contributed by atoms with E-state index in [1.165, 1.54) is 5.56 Å². The third-order valence-corrected chi connectivity index (χ3v) is 4.82. The summed E-state index contributed by atoms with van der Waals surface area (Å²) in [7, 11) is 0. The van der Waals surface area contributed by atoms with Crippen LogP contribution in [0.4, 0.5) is 0 Å². The number of aliphatic hydroxyl groups is 1. The van der Waals surface area contributed by atoms with E-state index in [1.54, 1.807) is 0 Å². The lowest BCUT2D eigenvalue weighted by atomic mass is 10.1. The summed E-state index contributed by atoms with van der Waals surface area (Å²) in [5.41, 5.74) is 1.14. The fourth-order valence-electron chi connectivity index (χ4n) is 3.57. The minimum Gasteiger partial charge on any atom is -0.491 e. The first kappa shape index (κ1) is 19.6. The molecule has 2 aliphatic heterocycles. The number of β-amino-alcohol motifs (C(OH)–C–C–N with tert-alkyl or cyclic N) is 1. The molecule has 0 aromatic heterocycles. The molecular weight excluding hydrogens is 332 g/mol. The molecule has 2 heterocycles. The van der Waals surface area contributed by atoms with Crippen LogP contribution in [0.25, 0.3) is 0 Å². The van der Waals surface area contributed by atoms with Crippen LogP contribution in [0.5, 0.6) is 5.75 Å². The van der Waals surface area contributed by atoms with Crippen molar-refractivity contribution in [2.75, 3.05) is 59.2 Å². The molecule has 0 radical (unpaired) electrons. The second-order valence-electron chi connectivity index (χ2n) is 7.84. The first-order valence-electron chi connectivity index (χ1n) is 9.56. The minimum absolute atomic E-state index is 0.0873. The first-order chi connectivity index (χ1) is 12.5. The molecule has 6 heteroatoms. The summed E-state index contributed by atoms with van der Waals surface area (Å²) in [6.45, 7) is 12.0. The van der Waals surface area contributed by atoms with Crippen LogP contribution in [-0.4, -0.2) is 85.8 Å². The van der Waals surface area contributed by atoms with Gasteiger partial charge in [0.25, 0.3) is 0 Å². The summed E-state index contributed by atoms with van der Waals surface area (Å²) in [6, 6.07) is 8.17.